The monoisotopic (exact) mass is 649 g/mol. The molecule has 2 fully saturated rings. The van der Waals surface area contributed by atoms with Crippen molar-refractivity contribution in [3.05, 3.63) is 78.6 Å². The Morgan fingerprint density at radius 2 is 1.73 bits per heavy atom. The Hall–Kier alpha value is -3.67. The molecule has 45 heavy (non-hydrogen) atoms. The van der Waals surface area contributed by atoms with E-state index in [0.717, 1.165) is 61.9 Å². The van der Waals surface area contributed by atoms with Gasteiger partial charge < -0.3 is 19.9 Å². The number of hydrogen-bond acceptors (Lipinski definition) is 7. The molecular weight excluding hydrogens is 610 g/mol. The van der Waals surface area contributed by atoms with Crippen molar-refractivity contribution < 1.29 is 18.7 Å². The van der Waals surface area contributed by atoms with Gasteiger partial charge in [0.25, 0.3) is 5.91 Å². The van der Waals surface area contributed by atoms with Crippen LogP contribution >= 0.6 is 24.0 Å². The highest BCUT2D eigenvalue weighted by molar-refractivity contribution is 7.98. The number of benzene rings is 3. The highest BCUT2D eigenvalue weighted by Crippen LogP contribution is 2.30. The Balaban J connectivity index is 1.22. The summed E-state index contributed by atoms with van der Waals surface area (Å²) in [5.74, 6) is 0.0792. The van der Waals surface area contributed by atoms with E-state index in [1.807, 2.05) is 66.6 Å². The molecule has 0 saturated carbocycles. The molecule has 0 aliphatic carbocycles. The maximum absolute atomic E-state index is 13.9. The molecular formula is C34H40FN5O3S2. The maximum atomic E-state index is 13.9. The number of ether oxygens (including phenoxy) is 1. The molecule has 2 aliphatic heterocycles. The summed E-state index contributed by atoms with van der Waals surface area (Å²) >= 11 is 7.49. The molecule has 3 aromatic carbocycles. The smallest absolute Gasteiger partial charge is 0.256 e. The number of piperazine rings is 1. The van der Waals surface area contributed by atoms with E-state index < -0.39 is 6.04 Å². The summed E-state index contributed by atoms with van der Waals surface area (Å²) in [6.45, 7) is 7.59. The quantitative estimate of drug-likeness (QED) is 0.182. The maximum Gasteiger partial charge on any atom is 0.256 e. The Bertz CT molecular complexity index is 1470. The van der Waals surface area contributed by atoms with E-state index in [0.29, 0.717) is 29.6 Å². The predicted molar refractivity (Wildman–Crippen MR) is 184 cm³/mol. The van der Waals surface area contributed by atoms with Gasteiger partial charge in [-0.1, -0.05) is 13.0 Å². The van der Waals surface area contributed by atoms with Crippen LogP contribution < -0.4 is 19.9 Å². The van der Waals surface area contributed by atoms with E-state index in [-0.39, 0.29) is 24.1 Å². The van der Waals surface area contributed by atoms with E-state index in [2.05, 4.69) is 15.1 Å². The minimum atomic E-state index is -0.696. The molecule has 1 N–H and O–H groups in total. The largest absolute Gasteiger partial charge is 0.494 e. The molecule has 8 nitrogen and oxygen atoms in total. The zero-order valence-corrected chi connectivity index (χ0v) is 27.4. The van der Waals surface area contributed by atoms with Crippen LogP contribution in [0.4, 0.5) is 21.5 Å². The second-order valence-corrected chi connectivity index (χ2v) is 12.4. The van der Waals surface area contributed by atoms with E-state index in [4.69, 9.17) is 17.0 Å². The van der Waals surface area contributed by atoms with Crippen LogP contribution in [0.3, 0.4) is 0 Å². The summed E-state index contributed by atoms with van der Waals surface area (Å²) in [5, 5.41) is 3.36. The van der Waals surface area contributed by atoms with Gasteiger partial charge in [0.2, 0.25) is 5.91 Å². The molecule has 238 valence electrons. The van der Waals surface area contributed by atoms with Gasteiger partial charge in [-0.15, -0.1) is 11.8 Å². The third-order valence-electron chi connectivity index (χ3n) is 8.06. The van der Waals surface area contributed by atoms with Crippen LogP contribution in [0.2, 0.25) is 0 Å². The fraction of sp³-hybridized carbons (Fsp3) is 0.382. The van der Waals surface area contributed by atoms with Crippen molar-refractivity contribution in [2.24, 2.45) is 0 Å². The third-order valence-corrected chi connectivity index (χ3v) is 9.20. The van der Waals surface area contributed by atoms with Gasteiger partial charge in [-0.2, -0.15) is 0 Å². The Labute approximate surface area is 274 Å². The Morgan fingerprint density at radius 3 is 2.42 bits per heavy atom. The Kier molecular flexibility index (Phi) is 11.3. The molecule has 1 atom stereocenters. The zero-order valence-electron chi connectivity index (χ0n) is 25.8. The third kappa shape index (κ3) is 8.33. The van der Waals surface area contributed by atoms with E-state index in [1.165, 1.54) is 12.1 Å². The summed E-state index contributed by atoms with van der Waals surface area (Å²) in [7, 11) is 0. The fourth-order valence-electron chi connectivity index (χ4n) is 5.66. The van der Waals surface area contributed by atoms with Gasteiger partial charge in [0.15, 0.2) is 5.11 Å². The van der Waals surface area contributed by atoms with E-state index in [9.17, 15) is 14.0 Å². The van der Waals surface area contributed by atoms with Gasteiger partial charge in [-0.3, -0.25) is 19.4 Å². The van der Waals surface area contributed by atoms with E-state index >= 15 is 0 Å². The van der Waals surface area contributed by atoms with Crippen molar-refractivity contribution in [3.63, 3.8) is 0 Å². The van der Waals surface area contributed by atoms with Crippen LogP contribution in [-0.2, 0) is 9.59 Å². The molecule has 0 aromatic heterocycles. The van der Waals surface area contributed by atoms with Crippen LogP contribution in [0.5, 0.6) is 5.75 Å². The summed E-state index contributed by atoms with van der Waals surface area (Å²) in [6.07, 6.45) is 3.69. The fourth-order valence-corrected chi connectivity index (χ4v) is 6.53. The molecule has 2 amide bonds. The van der Waals surface area contributed by atoms with Crippen molar-refractivity contribution in [2.45, 2.75) is 37.1 Å². The van der Waals surface area contributed by atoms with E-state index in [1.54, 1.807) is 28.8 Å². The number of halogens is 1. The molecule has 2 aliphatic rings. The average Bonchev–Trinajstić information content (AvgIpc) is 3.29. The first-order valence-corrected chi connectivity index (χ1v) is 17.0. The molecule has 11 heteroatoms. The first-order chi connectivity index (χ1) is 21.9. The lowest BCUT2D eigenvalue weighted by molar-refractivity contribution is -0.124. The number of thiocarbonyl (C=S) groups is 1. The lowest BCUT2D eigenvalue weighted by Crippen LogP contribution is -2.47. The van der Waals surface area contributed by atoms with Gasteiger partial charge in [0.05, 0.1) is 18.7 Å². The second-order valence-electron chi connectivity index (χ2n) is 11.2. The van der Waals surface area contributed by atoms with Crippen molar-refractivity contribution in [1.82, 2.24) is 9.80 Å². The highest BCUT2D eigenvalue weighted by atomic mass is 32.2. The van der Waals surface area contributed by atoms with Gasteiger partial charge >= 0.3 is 0 Å². The average molecular weight is 650 g/mol. The van der Waals surface area contributed by atoms with Crippen LogP contribution in [0.25, 0.3) is 0 Å². The number of carbonyl (C=O) groups is 2. The number of anilines is 3. The standard InChI is InChI=1S/C34H40FN5O3S2/c1-3-22-43-29-14-10-26(11-15-29)36-32(41)24-31-33(42)40(28-6-4-7-30(23-28)45-2)34(44)39(31)17-5-16-37-18-20-38(21-19-37)27-12-8-25(35)9-13-27/h4,6-15,23,31H,3,5,16-22,24H2,1-2H3,(H,36,41). The number of nitrogens with zero attached hydrogens (tertiary/aromatic N) is 4. The normalized spacial score (nSPS) is 17.2. The highest BCUT2D eigenvalue weighted by Gasteiger charge is 2.44. The molecule has 0 bridgehead atoms. The predicted octanol–water partition coefficient (Wildman–Crippen LogP) is 5.88. The summed E-state index contributed by atoms with van der Waals surface area (Å²) < 4.78 is 19.0. The molecule has 3 aromatic rings. The number of hydrogen-bond donors (Lipinski definition) is 1. The van der Waals surface area contributed by atoms with Crippen molar-refractivity contribution in [3.8, 4) is 5.75 Å². The molecule has 0 spiro atoms. The van der Waals surface area contributed by atoms with Crippen molar-refractivity contribution >= 4 is 58.0 Å². The van der Waals surface area contributed by atoms with Crippen LogP contribution in [0.1, 0.15) is 26.2 Å². The summed E-state index contributed by atoms with van der Waals surface area (Å²) in [6, 6.07) is 21.0. The summed E-state index contributed by atoms with van der Waals surface area (Å²) in [4.78, 5) is 36.3. The SMILES string of the molecule is CCCOc1ccc(NC(=O)CC2C(=O)N(c3cccc(SC)c3)C(=S)N2CCCN2CCN(c3ccc(F)cc3)CC2)cc1. The molecule has 0 radical (unpaired) electrons. The van der Waals surface area contributed by atoms with Crippen LogP contribution in [0.15, 0.2) is 77.7 Å². The number of carbonyl (C=O) groups excluding carboxylic acids is 2. The number of thioether (sulfide) groups is 1. The zero-order chi connectivity index (χ0) is 31.8. The topological polar surface area (TPSA) is 68.4 Å². The van der Waals surface area contributed by atoms with Gasteiger partial charge in [-0.25, -0.2) is 4.39 Å². The molecule has 2 saturated heterocycles. The Morgan fingerprint density at radius 1 is 1.00 bits per heavy atom. The molecule has 2 heterocycles. The minimum Gasteiger partial charge on any atom is -0.494 e. The van der Waals surface area contributed by atoms with Gasteiger partial charge in [0, 0.05) is 49.0 Å². The van der Waals surface area contributed by atoms with Crippen molar-refractivity contribution in [2.75, 3.05) is 67.2 Å². The van der Waals surface area contributed by atoms with Gasteiger partial charge in [0.1, 0.15) is 17.6 Å². The minimum absolute atomic E-state index is 0.0118. The first kappa shape index (κ1) is 32.7. The summed E-state index contributed by atoms with van der Waals surface area (Å²) in [5.41, 5.74) is 2.39. The number of nitrogens with one attached hydrogen (secondary N) is 1. The molecule has 5 rings (SSSR count). The molecule has 1 unspecified atom stereocenters. The second kappa shape index (κ2) is 15.6. The lowest BCUT2D eigenvalue weighted by Gasteiger charge is -2.36. The van der Waals surface area contributed by atoms with Crippen molar-refractivity contribution in [1.29, 1.82) is 0 Å². The number of amides is 2. The van der Waals surface area contributed by atoms with Crippen LogP contribution in [-0.4, -0.2) is 84.9 Å². The number of rotatable bonds is 13. The lowest BCUT2D eigenvalue weighted by atomic mass is 10.1. The first-order valence-electron chi connectivity index (χ1n) is 15.4. The van der Waals surface area contributed by atoms with Crippen LogP contribution in [0, 0.1) is 5.82 Å². The van der Waals surface area contributed by atoms with Gasteiger partial charge in [-0.05, 0) is 105 Å².